The fourth-order valence-electron chi connectivity index (χ4n) is 3.09. The van der Waals surface area contributed by atoms with E-state index in [1.54, 1.807) is 0 Å². The van der Waals surface area contributed by atoms with Gasteiger partial charge in [0.25, 0.3) is 0 Å². The van der Waals surface area contributed by atoms with Crippen molar-refractivity contribution < 1.29 is 4.74 Å². The van der Waals surface area contributed by atoms with Crippen molar-refractivity contribution in [2.45, 2.75) is 51.3 Å². The van der Waals surface area contributed by atoms with E-state index in [-0.39, 0.29) is 0 Å². The largest absolute Gasteiger partial charge is 0.378 e. The summed E-state index contributed by atoms with van der Waals surface area (Å²) in [6.45, 7) is 5.82. The van der Waals surface area contributed by atoms with Gasteiger partial charge in [-0.25, -0.2) is 0 Å². The van der Waals surface area contributed by atoms with Gasteiger partial charge in [-0.3, -0.25) is 4.90 Å². The van der Waals surface area contributed by atoms with Gasteiger partial charge in [-0.05, 0) is 24.8 Å². The highest BCUT2D eigenvalue weighted by Crippen LogP contribution is 2.23. The number of benzene rings is 1. The van der Waals surface area contributed by atoms with Crippen LogP contribution in [0.15, 0.2) is 30.3 Å². The van der Waals surface area contributed by atoms with Crippen LogP contribution in [-0.2, 0) is 11.3 Å². The molecule has 0 amide bonds. The van der Waals surface area contributed by atoms with E-state index in [0.29, 0.717) is 12.1 Å². The second-order valence-electron chi connectivity index (χ2n) is 5.70. The van der Waals surface area contributed by atoms with Crippen LogP contribution < -0.4 is 5.73 Å². The lowest BCUT2D eigenvalue weighted by atomic mass is 9.98. The SMILES string of the molecule is CCCC1CC(N(CCN)Cc2ccccc2)CCO1. The average Bonchev–Trinajstić information content (AvgIpc) is 2.49. The summed E-state index contributed by atoms with van der Waals surface area (Å²) in [4.78, 5) is 2.54. The van der Waals surface area contributed by atoms with Gasteiger partial charge in [0, 0.05) is 32.3 Å². The van der Waals surface area contributed by atoms with E-state index in [2.05, 4.69) is 42.2 Å². The third kappa shape index (κ3) is 4.58. The number of nitrogens with zero attached hydrogens (tertiary/aromatic N) is 1. The van der Waals surface area contributed by atoms with E-state index in [9.17, 15) is 0 Å². The van der Waals surface area contributed by atoms with Gasteiger partial charge in [-0.15, -0.1) is 0 Å². The van der Waals surface area contributed by atoms with Crippen LogP contribution in [-0.4, -0.2) is 36.7 Å². The molecule has 1 aromatic rings. The summed E-state index contributed by atoms with van der Waals surface area (Å²) in [6.07, 6.45) is 5.11. The Morgan fingerprint density at radius 3 is 2.80 bits per heavy atom. The molecule has 2 rings (SSSR count). The van der Waals surface area contributed by atoms with Crippen LogP contribution in [0.4, 0.5) is 0 Å². The van der Waals surface area contributed by atoms with Crippen molar-refractivity contribution in [1.29, 1.82) is 0 Å². The van der Waals surface area contributed by atoms with E-state index >= 15 is 0 Å². The van der Waals surface area contributed by atoms with Crippen molar-refractivity contribution in [2.75, 3.05) is 19.7 Å². The first-order valence-corrected chi connectivity index (χ1v) is 7.93. The van der Waals surface area contributed by atoms with Gasteiger partial charge in [-0.2, -0.15) is 0 Å². The van der Waals surface area contributed by atoms with Crippen molar-refractivity contribution in [3.63, 3.8) is 0 Å². The Morgan fingerprint density at radius 2 is 2.10 bits per heavy atom. The van der Waals surface area contributed by atoms with Crippen LogP contribution in [0.5, 0.6) is 0 Å². The summed E-state index contributed by atoms with van der Waals surface area (Å²) in [7, 11) is 0. The van der Waals surface area contributed by atoms with Crippen LogP contribution in [0.3, 0.4) is 0 Å². The maximum absolute atomic E-state index is 5.87. The lowest BCUT2D eigenvalue weighted by Crippen LogP contribution is -2.44. The van der Waals surface area contributed by atoms with E-state index in [1.165, 1.54) is 18.4 Å². The molecule has 1 fully saturated rings. The van der Waals surface area contributed by atoms with Crippen LogP contribution in [0.2, 0.25) is 0 Å². The molecule has 1 saturated heterocycles. The Labute approximate surface area is 123 Å². The van der Waals surface area contributed by atoms with Crippen molar-refractivity contribution in [1.82, 2.24) is 4.90 Å². The van der Waals surface area contributed by atoms with Crippen LogP contribution in [0.25, 0.3) is 0 Å². The normalized spacial score (nSPS) is 23.1. The monoisotopic (exact) mass is 276 g/mol. The summed E-state index contributed by atoms with van der Waals surface area (Å²) >= 11 is 0. The third-order valence-electron chi connectivity index (χ3n) is 4.11. The van der Waals surface area contributed by atoms with E-state index < -0.39 is 0 Å². The highest BCUT2D eigenvalue weighted by molar-refractivity contribution is 5.14. The van der Waals surface area contributed by atoms with Gasteiger partial charge in [-0.1, -0.05) is 43.7 Å². The number of hydrogen-bond acceptors (Lipinski definition) is 3. The van der Waals surface area contributed by atoms with Gasteiger partial charge < -0.3 is 10.5 Å². The minimum absolute atomic E-state index is 0.440. The number of rotatable bonds is 7. The molecule has 112 valence electrons. The Balaban J connectivity index is 1.96. The molecule has 2 unspecified atom stereocenters. The predicted molar refractivity (Wildman–Crippen MR) is 83.6 cm³/mol. The quantitative estimate of drug-likeness (QED) is 0.832. The van der Waals surface area contributed by atoms with Crippen LogP contribution >= 0.6 is 0 Å². The highest BCUT2D eigenvalue weighted by atomic mass is 16.5. The zero-order valence-corrected chi connectivity index (χ0v) is 12.6. The molecule has 20 heavy (non-hydrogen) atoms. The van der Waals surface area contributed by atoms with Crippen molar-refractivity contribution in [3.05, 3.63) is 35.9 Å². The maximum atomic E-state index is 5.87. The molecule has 1 aliphatic rings. The van der Waals surface area contributed by atoms with Crippen molar-refractivity contribution in [2.24, 2.45) is 5.73 Å². The molecule has 0 saturated carbocycles. The molecule has 0 bridgehead atoms. The molecular formula is C17H28N2O. The standard InChI is InChI=1S/C17H28N2O/c1-2-6-17-13-16(9-12-20-17)19(11-10-18)14-15-7-4-3-5-8-15/h3-5,7-8,16-17H,2,6,9-14,18H2,1H3. The molecule has 1 aromatic carbocycles. The fraction of sp³-hybridized carbons (Fsp3) is 0.647. The molecule has 0 radical (unpaired) electrons. The fourth-order valence-corrected chi connectivity index (χ4v) is 3.09. The minimum atomic E-state index is 0.440. The van der Waals surface area contributed by atoms with Crippen LogP contribution in [0.1, 0.15) is 38.2 Å². The molecule has 3 nitrogen and oxygen atoms in total. The molecule has 1 heterocycles. The molecule has 0 spiro atoms. The Morgan fingerprint density at radius 1 is 1.30 bits per heavy atom. The zero-order valence-electron chi connectivity index (χ0n) is 12.6. The van der Waals surface area contributed by atoms with Gasteiger partial charge in [0.15, 0.2) is 0 Å². The first kappa shape index (κ1) is 15.5. The lowest BCUT2D eigenvalue weighted by molar-refractivity contribution is -0.0320. The van der Waals surface area contributed by atoms with E-state index in [4.69, 9.17) is 10.5 Å². The molecule has 0 aliphatic carbocycles. The maximum Gasteiger partial charge on any atom is 0.0590 e. The smallest absolute Gasteiger partial charge is 0.0590 e. The number of hydrogen-bond donors (Lipinski definition) is 1. The lowest BCUT2D eigenvalue weighted by Gasteiger charge is -2.37. The minimum Gasteiger partial charge on any atom is -0.378 e. The summed E-state index contributed by atoms with van der Waals surface area (Å²) in [5.74, 6) is 0. The summed E-state index contributed by atoms with van der Waals surface area (Å²) in [5, 5.41) is 0. The molecule has 2 N–H and O–H groups in total. The molecule has 2 atom stereocenters. The van der Waals surface area contributed by atoms with Gasteiger partial charge in [0.05, 0.1) is 6.10 Å². The Hall–Kier alpha value is -0.900. The topological polar surface area (TPSA) is 38.5 Å². The summed E-state index contributed by atoms with van der Waals surface area (Å²) < 4.78 is 5.87. The summed E-state index contributed by atoms with van der Waals surface area (Å²) in [5.41, 5.74) is 7.18. The Kier molecular flexibility index (Phi) is 6.51. The first-order valence-electron chi connectivity index (χ1n) is 7.93. The number of ether oxygens (including phenoxy) is 1. The average molecular weight is 276 g/mol. The molecule has 1 aliphatic heterocycles. The molecule has 3 heteroatoms. The zero-order chi connectivity index (χ0) is 14.2. The second-order valence-corrected chi connectivity index (χ2v) is 5.70. The highest BCUT2D eigenvalue weighted by Gasteiger charge is 2.26. The molecular weight excluding hydrogens is 248 g/mol. The van der Waals surface area contributed by atoms with Crippen molar-refractivity contribution in [3.8, 4) is 0 Å². The van der Waals surface area contributed by atoms with E-state index in [0.717, 1.165) is 39.1 Å². The van der Waals surface area contributed by atoms with E-state index in [1.807, 2.05) is 0 Å². The first-order chi connectivity index (χ1) is 9.83. The molecule has 0 aromatic heterocycles. The summed E-state index contributed by atoms with van der Waals surface area (Å²) in [6, 6.07) is 11.3. The van der Waals surface area contributed by atoms with Gasteiger partial charge >= 0.3 is 0 Å². The Bertz CT molecular complexity index is 367. The number of nitrogens with two attached hydrogens (primary N) is 1. The van der Waals surface area contributed by atoms with Gasteiger partial charge in [0.2, 0.25) is 0 Å². The van der Waals surface area contributed by atoms with Crippen LogP contribution in [0, 0.1) is 0 Å². The predicted octanol–water partition coefficient (Wildman–Crippen LogP) is 2.80. The van der Waals surface area contributed by atoms with Gasteiger partial charge in [0.1, 0.15) is 0 Å². The third-order valence-corrected chi connectivity index (χ3v) is 4.11. The second kappa shape index (κ2) is 8.40. The van der Waals surface area contributed by atoms with Crippen molar-refractivity contribution >= 4 is 0 Å².